The van der Waals surface area contributed by atoms with Gasteiger partial charge in [0.05, 0.1) is 0 Å². The average Bonchev–Trinajstić information content (AvgIpc) is 2.00. The summed E-state index contributed by atoms with van der Waals surface area (Å²) in [6, 6.07) is 0. The summed E-state index contributed by atoms with van der Waals surface area (Å²) in [5.41, 5.74) is 0. The predicted octanol–water partition coefficient (Wildman–Crippen LogP) is 0.581. The quantitative estimate of drug-likeness (QED) is 0.501. The summed E-state index contributed by atoms with van der Waals surface area (Å²) in [6.07, 6.45) is 0. The Kier molecular flexibility index (Phi) is 4.40. The molecule has 0 aliphatic carbocycles. The molecule has 1 amide bonds. The molecular weight excluding hydrogens is 174 g/mol. The van der Waals surface area contributed by atoms with Crippen LogP contribution in [0.3, 0.4) is 0 Å². The number of carboxylic acids is 1. The normalized spacial score (nSPS) is 12.7. The van der Waals surface area contributed by atoms with Gasteiger partial charge in [0.2, 0.25) is 5.91 Å². The molecule has 1 unspecified atom stereocenters. The van der Waals surface area contributed by atoms with Crippen molar-refractivity contribution >= 4 is 11.9 Å². The lowest BCUT2D eigenvalue weighted by atomic mass is 9.97. The molecule has 0 radical (unpaired) electrons. The summed E-state index contributed by atoms with van der Waals surface area (Å²) in [6.45, 7) is 4.64. The van der Waals surface area contributed by atoms with Gasteiger partial charge in [-0.2, -0.15) is 0 Å². The van der Waals surface area contributed by atoms with Gasteiger partial charge in [0.25, 0.3) is 0 Å². The number of hydrogen-bond donors (Lipinski definition) is 2. The largest absolute Gasteiger partial charge is 0.480 e. The molecule has 76 valence electrons. The molecule has 0 rings (SSSR count). The van der Waals surface area contributed by atoms with E-state index >= 15 is 0 Å². The Morgan fingerprint density at radius 1 is 1.31 bits per heavy atom. The molecule has 13 heavy (non-hydrogen) atoms. The van der Waals surface area contributed by atoms with Gasteiger partial charge in [-0.1, -0.05) is 20.8 Å². The van der Waals surface area contributed by atoms with Crippen LogP contribution >= 0.6 is 0 Å². The van der Waals surface area contributed by atoms with Gasteiger partial charge in [-0.3, -0.25) is 14.8 Å². The Balaban J connectivity index is 4.17. The first-order chi connectivity index (χ1) is 5.86. The van der Waals surface area contributed by atoms with Crippen LogP contribution in [0.5, 0.6) is 0 Å². The summed E-state index contributed by atoms with van der Waals surface area (Å²) in [5, 5.41) is 17.6. The molecule has 0 aromatic heterocycles. The van der Waals surface area contributed by atoms with Crippen LogP contribution < -0.4 is 0 Å². The molecule has 5 heteroatoms. The van der Waals surface area contributed by atoms with Crippen molar-refractivity contribution in [3.8, 4) is 0 Å². The summed E-state index contributed by atoms with van der Waals surface area (Å²) in [4.78, 5) is 21.4. The maximum atomic E-state index is 11.2. The van der Waals surface area contributed by atoms with Gasteiger partial charge in [-0.05, 0) is 5.92 Å². The molecular formula is C8H15NO4. The third-order valence-electron chi connectivity index (χ3n) is 1.93. The lowest BCUT2D eigenvalue weighted by molar-refractivity contribution is -0.177. The van der Waals surface area contributed by atoms with E-state index in [0.717, 1.165) is 0 Å². The Morgan fingerprint density at radius 3 is 2.08 bits per heavy atom. The number of carbonyl (C=O) groups excluding carboxylic acids is 1. The van der Waals surface area contributed by atoms with Crippen LogP contribution in [-0.2, 0) is 9.59 Å². The lowest BCUT2D eigenvalue weighted by Gasteiger charge is -2.19. The van der Waals surface area contributed by atoms with Crippen LogP contribution in [0.25, 0.3) is 0 Å². The first kappa shape index (κ1) is 11.9. The predicted molar refractivity (Wildman–Crippen MR) is 45.1 cm³/mol. The van der Waals surface area contributed by atoms with Crippen LogP contribution in [0.15, 0.2) is 0 Å². The fourth-order valence-electron chi connectivity index (χ4n) is 0.726. The highest BCUT2D eigenvalue weighted by Crippen LogP contribution is 2.11. The highest BCUT2D eigenvalue weighted by atomic mass is 16.5. The fourth-order valence-corrected chi connectivity index (χ4v) is 0.726. The van der Waals surface area contributed by atoms with Crippen LogP contribution in [0.2, 0.25) is 0 Å². The number of nitrogens with zero attached hydrogens (tertiary/aromatic N) is 1. The van der Waals surface area contributed by atoms with Crippen molar-refractivity contribution in [2.75, 3.05) is 6.54 Å². The highest BCUT2D eigenvalue weighted by molar-refractivity contribution is 5.81. The summed E-state index contributed by atoms with van der Waals surface area (Å²) in [7, 11) is 0. The van der Waals surface area contributed by atoms with E-state index in [0.29, 0.717) is 0 Å². The Morgan fingerprint density at radius 2 is 1.77 bits per heavy atom. The topological polar surface area (TPSA) is 77.8 Å². The smallest absolute Gasteiger partial charge is 0.325 e. The second-order valence-corrected chi connectivity index (χ2v) is 3.32. The second kappa shape index (κ2) is 4.81. The van der Waals surface area contributed by atoms with E-state index in [4.69, 9.17) is 10.3 Å². The molecule has 0 bridgehead atoms. The van der Waals surface area contributed by atoms with E-state index in [9.17, 15) is 9.59 Å². The van der Waals surface area contributed by atoms with Crippen LogP contribution in [0.1, 0.15) is 20.8 Å². The maximum absolute atomic E-state index is 11.2. The number of amides is 1. The van der Waals surface area contributed by atoms with E-state index in [1.165, 1.54) is 0 Å². The number of rotatable bonds is 4. The SMILES string of the molecule is CC(C)C(C)C(=O)N(O)CC(=O)O. The van der Waals surface area contributed by atoms with Gasteiger partial charge >= 0.3 is 5.97 Å². The molecule has 0 aliphatic rings. The van der Waals surface area contributed by atoms with Gasteiger partial charge in [0, 0.05) is 5.92 Å². The zero-order valence-electron chi connectivity index (χ0n) is 8.02. The minimum atomic E-state index is -1.23. The number of hydroxylamine groups is 2. The van der Waals surface area contributed by atoms with Gasteiger partial charge < -0.3 is 5.11 Å². The highest BCUT2D eigenvalue weighted by Gasteiger charge is 2.23. The molecule has 0 aliphatic heterocycles. The van der Waals surface area contributed by atoms with Crippen LogP contribution in [-0.4, -0.2) is 33.8 Å². The molecule has 0 aromatic rings. The van der Waals surface area contributed by atoms with Crippen molar-refractivity contribution in [1.82, 2.24) is 5.06 Å². The molecule has 0 fully saturated rings. The van der Waals surface area contributed by atoms with Crippen molar-refractivity contribution in [2.45, 2.75) is 20.8 Å². The molecule has 0 heterocycles. The van der Waals surface area contributed by atoms with Crippen molar-refractivity contribution in [3.05, 3.63) is 0 Å². The molecule has 5 nitrogen and oxygen atoms in total. The molecule has 0 spiro atoms. The Labute approximate surface area is 76.9 Å². The van der Waals surface area contributed by atoms with Crippen LogP contribution in [0, 0.1) is 11.8 Å². The Bertz CT molecular complexity index is 202. The number of aliphatic carboxylic acids is 1. The minimum Gasteiger partial charge on any atom is -0.480 e. The standard InChI is InChI=1S/C8H15NO4/c1-5(2)6(3)8(12)9(13)4-7(10)11/h5-6,13H,4H2,1-3H3,(H,10,11). The first-order valence-corrected chi connectivity index (χ1v) is 4.08. The monoisotopic (exact) mass is 189 g/mol. The molecule has 0 aromatic carbocycles. The van der Waals surface area contributed by atoms with Gasteiger partial charge in [0.15, 0.2) is 0 Å². The molecule has 0 saturated carbocycles. The van der Waals surface area contributed by atoms with E-state index in [-0.39, 0.29) is 16.9 Å². The fraction of sp³-hybridized carbons (Fsp3) is 0.750. The zero-order valence-corrected chi connectivity index (χ0v) is 8.02. The van der Waals surface area contributed by atoms with Gasteiger partial charge in [-0.15, -0.1) is 0 Å². The van der Waals surface area contributed by atoms with Gasteiger partial charge in [-0.25, -0.2) is 5.06 Å². The third-order valence-corrected chi connectivity index (χ3v) is 1.93. The van der Waals surface area contributed by atoms with Crippen molar-refractivity contribution in [3.63, 3.8) is 0 Å². The van der Waals surface area contributed by atoms with Crippen LogP contribution in [0.4, 0.5) is 0 Å². The number of carbonyl (C=O) groups is 2. The van der Waals surface area contributed by atoms with Gasteiger partial charge in [0.1, 0.15) is 6.54 Å². The second-order valence-electron chi connectivity index (χ2n) is 3.32. The summed E-state index contributed by atoms with van der Waals surface area (Å²) < 4.78 is 0. The molecule has 1 atom stereocenters. The van der Waals surface area contributed by atoms with Crippen molar-refractivity contribution < 1.29 is 19.9 Å². The van der Waals surface area contributed by atoms with E-state index in [2.05, 4.69) is 0 Å². The number of carboxylic acid groups (broad SMARTS) is 1. The van der Waals surface area contributed by atoms with E-state index in [1.54, 1.807) is 6.92 Å². The minimum absolute atomic E-state index is 0.0796. The molecule has 0 saturated heterocycles. The summed E-state index contributed by atoms with van der Waals surface area (Å²) in [5.74, 6) is -2.08. The Hall–Kier alpha value is -1.10. The maximum Gasteiger partial charge on any atom is 0.325 e. The number of hydrogen-bond acceptors (Lipinski definition) is 3. The van der Waals surface area contributed by atoms with Crippen molar-refractivity contribution in [1.29, 1.82) is 0 Å². The van der Waals surface area contributed by atoms with E-state index in [1.807, 2.05) is 13.8 Å². The van der Waals surface area contributed by atoms with Crippen molar-refractivity contribution in [2.24, 2.45) is 11.8 Å². The first-order valence-electron chi connectivity index (χ1n) is 4.08. The van der Waals surface area contributed by atoms with E-state index < -0.39 is 18.4 Å². The molecule has 2 N–H and O–H groups in total. The average molecular weight is 189 g/mol. The summed E-state index contributed by atoms with van der Waals surface area (Å²) >= 11 is 0. The zero-order chi connectivity index (χ0) is 10.6. The third kappa shape index (κ3) is 3.89. The lowest BCUT2D eigenvalue weighted by Crippen LogP contribution is -2.37.